The number of aryl methyl sites for hydroxylation is 2. The lowest BCUT2D eigenvalue weighted by Crippen LogP contribution is -2.22. The third-order valence-electron chi connectivity index (χ3n) is 5.87. The molecule has 2 amide bonds. The lowest BCUT2D eigenvalue weighted by Gasteiger charge is -2.04. The predicted molar refractivity (Wildman–Crippen MR) is 122 cm³/mol. The van der Waals surface area contributed by atoms with Crippen LogP contribution < -0.4 is 5.32 Å². The van der Waals surface area contributed by atoms with Crippen LogP contribution in [-0.4, -0.2) is 33.5 Å². The molecule has 160 valence electrons. The first-order valence-corrected chi connectivity index (χ1v) is 10.3. The molecule has 32 heavy (non-hydrogen) atoms. The Morgan fingerprint density at radius 2 is 1.47 bits per heavy atom. The molecule has 1 N–H and O–H groups in total. The summed E-state index contributed by atoms with van der Waals surface area (Å²) in [5, 5.41) is 4.14. The largest absolute Gasteiger partial charge is 0.462 e. The van der Waals surface area contributed by atoms with Gasteiger partial charge in [0.25, 0.3) is 11.8 Å². The molecule has 0 aliphatic carbocycles. The van der Waals surface area contributed by atoms with Gasteiger partial charge in [0, 0.05) is 59.4 Å². The number of aromatic nitrogens is 2. The first-order valence-electron chi connectivity index (χ1n) is 10.3. The highest BCUT2D eigenvalue weighted by Gasteiger charge is 2.35. The van der Waals surface area contributed by atoms with Crippen molar-refractivity contribution in [1.82, 2.24) is 14.5 Å². The van der Waals surface area contributed by atoms with Crippen molar-refractivity contribution in [2.75, 3.05) is 6.61 Å². The number of hydrogen-bond donors (Lipinski definition) is 1. The van der Waals surface area contributed by atoms with E-state index in [0.29, 0.717) is 34.4 Å². The van der Waals surface area contributed by atoms with Crippen LogP contribution in [0, 0.1) is 0 Å². The molecular weight excluding hydrogens is 406 g/mol. The molecule has 7 heteroatoms. The van der Waals surface area contributed by atoms with Gasteiger partial charge in [0.05, 0.1) is 23.3 Å². The summed E-state index contributed by atoms with van der Waals surface area (Å²) in [4.78, 5) is 38.0. The van der Waals surface area contributed by atoms with Gasteiger partial charge in [0.15, 0.2) is 0 Å². The van der Waals surface area contributed by atoms with Crippen LogP contribution in [0.3, 0.4) is 0 Å². The van der Waals surface area contributed by atoms with E-state index in [2.05, 4.69) is 5.32 Å². The summed E-state index contributed by atoms with van der Waals surface area (Å²) in [5.41, 5.74) is 4.21. The van der Waals surface area contributed by atoms with Crippen LogP contribution in [0.2, 0.25) is 0 Å². The molecule has 1 aliphatic heterocycles. The van der Waals surface area contributed by atoms with Crippen LogP contribution in [0.25, 0.3) is 33.0 Å². The number of nitrogens with one attached hydrogen (secondary N) is 1. The van der Waals surface area contributed by atoms with Gasteiger partial charge < -0.3 is 13.9 Å². The molecule has 2 aromatic carbocycles. The summed E-state index contributed by atoms with van der Waals surface area (Å²) in [7, 11) is 3.75. The number of ether oxygens (including phenoxy) is 1. The number of para-hydroxylation sites is 1. The molecular formula is C25H21N3O4. The quantitative estimate of drug-likeness (QED) is 0.400. The maximum absolute atomic E-state index is 12.9. The van der Waals surface area contributed by atoms with E-state index < -0.39 is 17.8 Å². The Morgan fingerprint density at radius 1 is 0.875 bits per heavy atom. The number of rotatable bonds is 4. The number of imide groups is 1. The van der Waals surface area contributed by atoms with Gasteiger partial charge in [0.1, 0.15) is 0 Å². The highest BCUT2D eigenvalue weighted by Crippen LogP contribution is 2.38. The van der Waals surface area contributed by atoms with Crippen molar-refractivity contribution in [3.63, 3.8) is 0 Å². The average molecular weight is 427 g/mol. The van der Waals surface area contributed by atoms with Crippen LogP contribution in [0.1, 0.15) is 28.4 Å². The average Bonchev–Trinajstić information content (AvgIpc) is 3.38. The van der Waals surface area contributed by atoms with Crippen molar-refractivity contribution in [3.8, 4) is 0 Å². The Hall–Kier alpha value is -4.13. The van der Waals surface area contributed by atoms with Gasteiger partial charge in [-0.15, -0.1) is 0 Å². The number of amides is 2. The van der Waals surface area contributed by atoms with Crippen LogP contribution >= 0.6 is 0 Å². The summed E-state index contributed by atoms with van der Waals surface area (Å²) in [6, 6.07) is 13.0. The van der Waals surface area contributed by atoms with Gasteiger partial charge in [-0.05, 0) is 25.1 Å². The Balaban J connectivity index is 1.76. The predicted octanol–water partition coefficient (Wildman–Crippen LogP) is 3.41. The molecule has 0 spiro atoms. The first-order chi connectivity index (χ1) is 15.4. The topological polar surface area (TPSA) is 82.3 Å². The molecule has 0 saturated heterocycles. The molecule has 0 bridgehead atoms. The van der Waals surface area contributed by atoms with E-state index in [1.54, 1.807) is 25.1 Å². The van der Waals surface area contributed by atoms with Gasteiger partial charge in [-0.3, -0.25) is 14.9 Å². The number of esters is 1. The summed E-state index contributed by atoms with van der Waals surface area (Å²) >= 11 is 0. The second-order valence-corrected chi connectivity index (χ2v) is 7.81. The van der Waals surface area contributed by atoms with E-state index in [4.69, 9.17) is 4.74 Å². The van der Waals surface area contributed by atoms with E-state index in [-0.39, 0.29) is 0 Å². The van der Waals surface area contributed by atoms with Crippen molar-refractivity contribution in [2.45, 2.75) is 6.92 Å². The van der Waals surface area contributed by atoms with Gasteiger partial charge in [0.2, 0.25) is 0 Å². The van der Waals surface area contributed by atoms with Crippen molar-refractivity contribution in [1.29, 1.82) is 0 Å². The summed E-state index contributed by atoms with van der Waals surface area (Å²) in [6.45, 7) is 2.05. The molecule has 4 aromatic rings. The molecule has 2 aromatic heterocycles. The molecule has 0 unspecified atom stereocenters. The van der Waals surface area contributed by atoms with E-state index in [0.717, 1.165) is 21.8 Å². The molecule has 0 radical (unpaired) electrons. The zero-order valence-corrected chi connectivity index (χ0v) is 17.9. The number of benzene rings is 2. The summed E-state index contributed by atoms with van der Waals surface area (Å²) in [5.74, 6) is -1.25. The number of nitrogens with zero attached hydrogens (tertiary/aromatic N) is 2. The summed E-state index contributed by atoms with van der Waals surface area (Å²) in [6.07, 6.45) is 3.69. The SMILES string of the molecule is CCOC(=O)c1ccc2c(C3=C(c4cn(C)c5ccccc45)C(=O)NC3=O)cn(C)c2c1. The van der Waals surface area contributed by atoms with E-state index in [1.807, 2.05) is 59.9 Å². The van der Waals surface area contributed by atoms with E-state index >= 15 is 0 Å². The van der Waals surface area contributed by atoms with E-state index in [1.165, 1.54) is 0 Å². The second kappa shape index (κ2) is 7.23. The Labute approximate surface area is 183 Å². The fourth-order valence-electron chi connectivity index (χ4n) is 4.43. The highest BCUT2D eigenvalue weighted by molar-refractivity contribution is 6.50. The maximum atomic E-state index is 12.9. The molecule has 5 rings (SSSR count). The highest BCUT2D eigenvalue weighted by atomic mass is 16.5. The number of hydrogen-bond acceptors (Lipinski definition) is 4. The Kier molecular flexibility index (Phi) is 4.48. The first kappa shape index (κ1) is 19.8. The number of fused-ring (bicyclic) bond motifs is 2. The van der Waals surface area contributed by atoms with Crippen molar-refractivity contribution < 1.29 is 19.1 Å². The monoisotopic (exact) mass is 427 g/mol. The normalized spacial score (nSPS) is 14.0. The molecule has 7 nitrogen and oxygen atoms in total. The molecule has 0 saturated carbocycles. The van der Waals surface area contributed by atoms with Gasteiger partial charge in [-0.1, -0.05) is 24.3 Å². The zero-order valence-electron chi connectivity index (χ0n) is 17.9. The third-order valence-corrected chi connectivity index (χ3v) is 5.87. The minimum atomic E-state index is -0.431. The van der Waals surface area contributed by atoms with Gasteiger partial charge in [-0.2, -0.15) is 0 Å². The molecule has 0 atom stereocenters. The fraction of sp³-hybridized carbons (Fsp3) is 0.160. The maximum Gasteiger partial charge on any atom is 0.338 e. The fourth-order valence-corrected chi connectivity index (χ4v) is 4.43. The number of carbonyl (C=O) groups is 3. The number of carbonyl (C=O) groups excluding carboxylic acids is 3. The van der Waals surface area contributed by atoms with Crippen LogP contribution in [-0.2, 0) is 28.4 Å². The lowest BCUT2D eigenvalue weighted by atomic mass is 9.95. The van der Waals surface area contributed by atoms with Crippen LogP contribution in [0.4, 0.5) is 0 Å². The minimum absolute atomic E-state index is 0.290. The molecule has 3 heterocycles. The Morgan fingerprint density at radius 3 is 2.12 bits per heavy atom. The van der Waals surface area contributed by atoms with Crippen molar-refractivity contribution in [3.05, 3.63) is 71.5 Å². The van der Waals surface area contributed by atoms with Crippen LogP contribution in [0.15, 0.2) is 54.9 Å². The van der Waals surface area contributed by atoms with Gasteiger partial charge in [-0.25, -0.2) is 4.79 Å². The van der Waals surface area contributed by atoms with E-state index in [9.17, 15) is 14.4 Å². The van der Waals surface area contributed by atoms with Crippen LogP contribution in [0.5, 0.6) is 0 Å². The standard InChI is InChI=1S/C25H21N3O4/c1-4-32-25(31)14-9-10-16-18(13-28(3)20(16)11-14)22-21(23(29)26-24(22)30)17-12-27(2)19-8-6-5-7-15(17)19/h5-13H,4H2,1-3H3,(H,26,29,30). The third kappa shape index (κ3) is 2.85. The van der Waals surface area contributed by atoms with Crippen molar-refractivity contribution >= 4 is 50.7 Å². The lowest BCUT2D eigenvalue weighted by molar-refractivity contribution is -0.122. The minimum Gasteiger partial charge on any atom is -0.462 e. The smallest absolute Gasteiger partial charge is 0.338 e. The zero-order chi connectivity index (χ0) is 22.6. The Bertz CT molecular complexity index is 1490. The van der Waals surface area contributed by atoms with Gasteiger partial charge >= 0.3 is 5.97 Å². The second-order valence-electron chi connectivity index (χ2n) is 7.81. The van der Waals surface area contributed by atoms with Crippen molar-refractivity contribution in [2.24, 2.45) is 14.1 Å². The summed E-state index contributed by atoms with van der Waals surface area (Å²) < 4.78 is 8.89. The molecule has 0 fully saturated rings. The molecule has 1 aliphatic rings.